The Bertz CT molecular complexity index is 2140. The van der Waals surface area contributed by atoms with Crippen molar-refractivity contribution in [2.75, 3.05) is 77.3 Å². The van der Waals surface area contributed by atoms with Crippen molar-refractivity contribution in [3.8, 4) is 0 Å². The number of unbranched alkanes of at least 4 members (excludes halogenated alkanes) is 2. The van der Waals surface area contributed by atoms with Crippen LogP contribution in [-0.4, -0.2) is 179 Å². The number of carboxylic acid groups (broad SMARTS) is 3. The number of rotatable bonds is 39. The summed E-state index contributed by atoms with van der Waals surface area (Å²) in [4.78, 5) is 112. The number of halogens is 1. The summed E-state index contributed by atoms with van der Waals surface area (Å²) in [6.45, 7) is 2.39. The highest BCUT2D eigenvalue weighted by Gasteiger charge is 2.26. The summed E-state index contributed by atoms with van der Waals surface area (Å²) in [6, 6.07) is 10.9. The van der Waals surface area contributed by atoms with Gasteiger partial charge in [-0.25, -0.2) is 14.4 Å². The Morgan fingerprint density at radius 3 is 1.82 bits per heavy atom. The zero-order valence-electron chi connectivity index (χ0n) is 40.7. The number of nitrogens with two attached hydrogens (primary N) is 4. The van der Waals surface area contributed by atoms with Gasteiger partial charge in [0.1, 0.15) is 12.1 Å². The Hall–Kier alpha value is -6.27. The number of hydrogen-bond donors (Lipinski definition) is 13. The van der Waals surface area contributed by atoms with E-state index in [2.05, 4.69) is 54.5 Å². The fraction of sp³-hybridized carbons (Fsp3) is 0.522. The predicted molar refractivity (Wildman–Crippen MR) is 282 cm³/mol. The van der Waals surface area contributed by atoms with E-state index in [1.807, 2.05) is 53.4 Å². The van der Waals surface area contributed by atoms with E-state index >= 15 is 0 Å². The van der Waals surface area contributed by atoms with Gasteiger partial charge in [-0.05, 0) is 115 Å². The normalized spacial score (nSPS) is 12.3. The second kappa shape index (κ2) is 35.0. The molecule has 27 heteroatoms. The lowest BCUT2D eigenvalue weighted by atomic mass is 10.0. The first-order chi connectivity index (χ1) is 34.6. The minimum atomic E-state index is -1.53. The van der Waals surface area contributed by atoms with Gasteiger partial charge in [0, 0.05) is 80.5 Å². The van der Waals surface area contributed by atoms with Gasteiger partial charge in [-0.3, -0.25) is 38.6 Å². The third-order valence-corrected chi connectivity index (χ3v) is 12.0. The van der Waals surface area contributed by atoms with Crippen molar-refractivity contribution in [1.29, 1.82) is 0 Å². The van der Waals surface area contributed by atoms with Gasteiger partial charge in [0.2, 0.25) is 29.5 Å². The van der Waals surface area contributed by atoms with Gasteiger partial charge in [0.05, 0.1) is 26.2 Å². The van der Waals surface area contributed by atoms with Crippen molar-refractivity contribution in [1.82, 2.24) is 41.3 Å². The van der Waals surface area contributed by atoms with E-state index in [-0.39, 0.29) is 63.9 Å². The first-order valence-corrected chi connectivity index (χ1v) is 25.0. The van der Waals surface area contributed by atoms with Crippen molar-refractivity contribution in [2.24, 2.45) is 22.9 Å². The van der Waals surface area contributed by atoms with Crippen molar-refractivity contribution in [3.05, 3.63) is 63.2 Å². The fourth-order valence-electron chi connectivity index (χ4n) is 7.32. The molecule has 7 amide bonds. The molecule has 0 aliphatic rings. The Kier molecular flexibility index (Phi) is 30.1. The number of benzene rings is 2. The highest BCUT2D eigenvalue weighted by molar-refractivity contribution is 14.1. The van der Waals surface area contributed by atoms with Crippen molar-refractivity contribution in [2.45, 2.75) is 82.5 Å². The maximum atomic E-state index is 13.5. The summed E-state index contributed by atoms with van der Waals surface area (Å²) >= 11 is 7.72. The lowest BCUT2D eigenvalue weighted by Gasteiger charge is -2.33. The molecule has 0 aromatic heterocycles. The lowest BCUT2D eigenvalue weighted by molar-refractivity contribution is -0.141. The summed E-state index contributed by atoms with van der Waals surface area (Å²) in [6.07, 6.45) is 1.61. The molecule has 0 spiro atoms. The molecular formula is C46H70IN13O12S. The van der Waals surface area contributed by atoms with Crippen molar-refractivity contribution < 1.29 is 58.5 Å². The average Bonchev–Trinajstić information content (AvgIpc) is 3.30. The Morgan fingerprint density at radius 1 is 0.630 bits per heavy atom. The summed E-state index contributed by atoms with van der Waals surface area (Å²) in [5.41, 5.74) is 24.2. The van der Waals surface area contributed by atoms with Gasteiger partial charge in [0.25, 0.3) is 0 Å². The number of thiocarbonyl (C=S) groups is 1. The molecule has 0 saturated heterocycles. The topological polar surface area (TPSA) is 400 Å². The van der Waals surface area contributed by atoms with Gasteiger partial charge in [0.15, 0.2) is 5.11 Å². The van der Waals surface area contributed by atoms with Crippen LogP contribution in [0.5, 0.6) is 0 Å². The number of anilines is 1. The zero-order valence-corrected chi connectivity index (χ0v) is 43.6. The van der Waals surface area contributed by atoms with E-state index < -0.39 is 66.1 Å². The van der Waals surface area contributed by atoms with E-state index in [4.69, 9.17) is 40.3 Å². The summed E-state index contributed by atoms with van der Waals surface area (Å²) < 4.78 is 1.02. The number of carbonyl (C=O) groups is 9. The minimum Gasteiger partial charge on any atom is -0.481 e. The van der Waals surface area contributed by atoms with Crippen LogP contribution in [0, 0.1) is 3.57 Å². The number of urea groups is 1. The van der Waals surface area contributed by atoms with Crippen LogP contribution in [0.25, 0.3) is 0 Å². The molecule has 0 saturated carbocycles. The number of carbonyl (C=O) groups excluding carboxylic acids is 6. The molecule has 1 unspecified atom stereocenters. The highest BCUT2D eigenvalue weighted by atomic mass is 127. The molecule has 2 aromatic rings. The fourth-order valence-corrected chi connectivity index (χ4v) is 7.90. The van der Waals surface area contributed by atoms with Crippen molar-refractivity contribution in [3.63, 3.8) is 0 Å². The lowest BCUT2D eigenvalue weighted by Crippen LogP contribution is -2.51. The number of primary amides is 4. The average molecular weight is 1160 g/mol. The SMILES string of the molecule is NC(=O)CNCCN(CCN(CC(N)=O)C(CNCC(N)=O)Cc1ccc(NC(=S)NCCCCC(=O)N(CCCC[C@@H](NC(=O)N[C@H](CCC(=O)O)C(=O)O)C(=O)O)Cc2ccc(I)cc2)cc1)CC(N)=O. The quantitative estimate of drug-likeness (QED) is 0.0209. The first-order valence-electron chi connectivity index (χ1n) is 23.5. The predicted octanol–water partition coefficient (Wildman–Crippen LogP) is -1.35. The number of nitrogens with zero attached hydrogens (tertiary/aromatic N) is 3. The molecular weight excluding hydrogens is 1090 g/mol. The molecule has 0 aliphatic heterocycles. The molecule has 25 nitrogen and oxygen atoms in total. The molecule has 0 radical (unpaired) electrons. The zero-order chi connectivity index (χ0) is 54.3. The van der Waals surface area contributed by atoms with Gasteiger partial charge >= 0.3 is 23.9 Å². The summed E-state index contributed by atoms with van der Waals surface area (Å²) in [7, 11) is 0. The van der Waals surface area contributed by atoms with Crippen LogP contribution in [0.1, 0.15) is 62.5 Å². The van der Waals surface area contributed by atoms with Crippen molar-refractivity contribution >= 4 is 99.1 Å². The smallest absolute Gasteiger partial charge is 0.326 e. The van der Waals surface area contributed by atoms with Crippen LogP contribution in [0.15, 0.2) is 48.5 Å². The molecule has 2 aromatic carbocycles. The number of hydrogen-bond acceptors (Lipinski definition) is 14. The summed E-state index contributed by atoms with van der Waals surface area (Å²) in [5.74, 6) is -6.37. The minimum absolute atomic E-state index is 0.0104. The number of carboxylic acids is 3. The Labute approximate surface area is 442 Å². The van der Waals surface area contributed by atoms with E-state index in [1.165, 1.54) is 0 Å². The monoisotopic (exact) mass is 1160 g/mol. The second-order valence-electron chi connectivity index (χ2n) is 17.1. The summed E-state index contributed by atoms with van der Waals surface area (Å²) in [5, 5.41) is 44.8. The molecule has 3 atom stereocenters. The van der Waals surface area contributed by atoms with Gasteiger partial charge in [-0.15, -0.1) is 0 Å². The molecule has 2 rings (SSSR count). The maximum Gasteiger partial charge on any atom is 0.326 e. The number of amides is 7. The van der Waals surface area contributed by atoms with Crippen LogP contribution >= 0.6 is 34.8 Å². The van der Waals surface area contributed by atoms with E-state index in [9.17, 15) is 53.4 Å². The molecule has 0 bridgehead atoms. The molecule has 0 heterocycles. The molecule has 0 fully saturated rings. The number of aliphatic carboxylic acids is 3. The molecule has 0 aliphatic carbocycles. The van der Waals surface area contributed by atoms with E-state index in [0.717, 1.165) is 14.7 Å². The van der Waals surface area contributed by atoms with Crippen LogP contribution in [0.4, 0.5) is 10.5 Å². The third-order valence-electron chi connectivity index (χ3n) is 11.0. The maximum absolute atomic E-state index is 13.5. The van der Waals surface area contributed by atoms with Gasteiger partial charge in [-0.1, -0.05) is 24.3 Å². The van der Waals surface area contributed by atoms with E-state index in [0.29, 0.717) is 88.7 Å². The molecule has 73 heavy (non-hydrogen) atoms. The van der Waals surface area contributed by atoms with Crippen LogP contribution in [-0.2, 0) is 51.3 Å². The van der Waals surface area contributed by atoms with Gasteiger partial charge < -0.3 is 75.1 Å². The molecule has 17 N–H and O–H groups in total. The second-order valence-corrected chi connectivity index (χ2v) is 18.7. The standard InChI is InChI=1S/C46H70IN13O12S/c47-32-11-7-31(8-12-32)27-60(19-4-2-5-35(43(68)69)56-45(72)57-36(44(70)71)15-16-42(66)67)41(65)6-1-3-17-54-46(73)55-33-13-9-30(10-14-33)23-34(24-53-26-38(49)62)59(29-40(51)64)22-21-58(28-39(50)63)20-18-52-25-37(48)61/h7-14,34-36,52-53H,1-6,15-29H2,(H2,48,61)(H2,49,62)(H2,50,63)(H2,51,64)(H,66,67)(H,68,69)(H,70,71)(H2,54,55,73)(H2,56,57,72)/t34?,35-,36-/m1/s1. The number of nitrogens with one attached hydrogen (secondary N) is 6. The largest absolute Gasteiger partial charge is 0.481 e. The van der Waals surface area contributed by atoms with E-state index in [1.54, 1.807) is 9.80 Å². The first kappa shape index (κ1) is 62.8. The highest BCUT2D eigenvalue weighted by Crippen LogP contribution is 2.16. The van der Waals surface area contributed by atoms with Crippen LogP contribution in [0.3, 0.4) is 0 Å². The van der Waals surface area contributed by atoms with Gasteiger partial charge in [-0.2, -0.15) is 0 Å². The van der Waals surface area contributed by atoms with Crippen LogP contribution in [0.2, 0.25) is 0 Å². The Morgan fingerprint density at radius 2 is 1.23 bits per heavy atom. The Balaban J connectivity index is 1.97. The van der Waals surface area contributed by atoms with Crippen LogP contribution < -0.4 is 54.8 Å². The molecule has 404 valence electrons. The third kappa shape index (κ3) is 29.1.